The third kappa shape index (κ3) is 20.9. The van der Waals surface area contributed by atoms with Crippen LogP contribution in [0.1, 0.15) is 176 Å². The number of aliphatic hydroxyl groups is 1. The summed E-state index contributed by atoms with van der Waals surface area (Å²) in [6.07, 6.45) is 16.6. The summed E-state index contributed by atoms with van der Waals surface area (Å²) in [4.78, 5) is 25.9. The molecule has 1 fully saturated rings. The zero-order valence-electron chi connectivity index (χ0n) is 31.9. The van der Waals surface area contributed by atoms with Gasteiger partial charge in [-0.2, -0.15) is 5.26 Å². The Balaban J connectivity index is 2.81. The third-order valence-corrected chi connectivity index (χ3v) is 10.9. The van der Waals surface area contributed by atoms with Gasteiger partial charge in [-0.1, -0.05) is 117 Å². The number of carbonyl (C=O) groups excluding carboxylic acids is 2. The van der Waals surface area contributed by atoms with Crippen LogP contribution in [0.3, 0.4) is 0 Å². The maximum Gasteiger partial charge on any atom is 0.306 e. The second kappa shape index (κ2) is 29.3. The predicted octanol–water partition coefficient (Wildman–Crippen LogP) is 9.66. The molecule has 10 nitrogen and oxygen atoms in total. The Morgan fingerprint density at radius 1 is 0.714 bits per heavy atom. The molecule has 1 N–H and O–H groups in total. The lowest BCUT2D eigenvalue weighted by atomic mass is 10.1. The standard InChI is InChI=1S/C38H71N2O8P/c1-7-9-11-13-15-17-19-21-23-26-34(41)47-36-33(30-45-49(44-29-25-28-39)40(31(3)4)32(5)6)46-38(43)37(36)48-35(42)27-24-22-20-18-16-14-12-10-8-2/h31-33,36-38,43H,7-27,29-30H2,1-6H3/t33-,36-,37-,38-,49?/m1/s1. The number of carbonyl (C=O) groups is 2. The average molecular weight is 715 g/mol. The number of esters is 2. The van der Waals surface area contributed by atoms with E-state index in [1.807, 2.05) is 27.7 Å². The molecule has 0 radical (unpaired) electrons. The summed E-state index contributed by atoms with van der Waals surface area (Å²) in [7, 11) is -1.58. The number of nitriles is 1. The topological polar surface area (TPSA) is 128 Å². The van der Waals surface area contributed by atoms with Crippen molar-refractivity contribution in [2.45, 2.75) is 213 Å². The molecule has 1 aliphatic rings. The molecule has 0 saturated carbocycles. The van der Waals surface area contributed by atoms with Gasteiger partial charge in [0.15, 0.2) is 18.5 Å². The summed E-state index contributed by atoms with van der Waals surface area (Å²) in [6, 6.07) is 2.30. The summed E-state index contributed by atoms with van der Waals surface area (Å²) in [5, 5.41) is 19.9. The number of ether oxygens (including phenoxy) is 3. The van der Waals surface area contributed by atoms with Crippen molar-refractivity contribution >= 4 is 20.5 Å². The molecule has 0 spiro atoms. The van der Waals surface area contributed by atoms with Gasteiger partial charge >= 0.3 is 11.9 Å². The molecule has 0 aromatic heterocycles. The Bertz CT molecular complexity index is 878. The van der Waals surface area contributed by atoms with Gasteiger partial charge in [0.25, 0.3) is 8.53 Å². The zero-order chi connectivity index (χ0) is 36.3. The molecule has 0 amide bonds. The SMILES string of the molecule is CCCCCCCCCCCC(=O)O[C@@H]1[C@H](OC(=O)CCCCCCCCCCC)[C@@H](COP(OCCC#N)N(C(C)C)C(C)C)O[C@H]1O. The highest BCUT2D eigenvalue weighted by Crippen LogP contribution is 2.46. The van der Waals surface area contributed by atoms with Gasteiger partial charge in [-0.05, 0) is 40.5 Å². The van der Waals surface area contributed by atoms with Gasteiger partial charge in [0, 0.05) is 24.9 Å². The fourth-order valence-electron chi connectivity index (χ4n) is 6.14. The largest absolute Gasteiger partial charge is 0.455 e. The van der Waals surface area contributed by atoms with Crippen molar-refractivity contribution in [3.8, 4) is 6.07 Å². The van der Waals surface area contributed by atoms with Crippen LogP contribution in [-0.2, 0) is 32.8 Å². The van der Waals surface area contributed by atoms with Crippen molar-refractivity contribution in [2.24, 2.45) is 0 Å². The highest BCUT2D eigenvalue weighted by molar-refractivity contribution is 7.44. The van der Waals surface area contributed by atoms with Crippen molar-refractivity contribution < 1.29 is 38.0 Å². The molecule has 5 atom stereocenters. The van der Waals surface area contributed by atoms with Crippen LogP contribution in [-0.4, -0.2) is 71.6 Å². The Morgan fingerprint density at radius 3 is 1.57 bits per heavy atom. The van der Waals surface area contributed by atoms with Crippen molar-refractivity contribution in [2.75, 3.05) is 13.2 Å². The van der Waals surface area contributed by atoms with Gasteiger partial charge in [0.2, 0.25) is 0 Å². The van der Waals surface area contributed by atoms with Crippen LogP contribution in [0.5, 0.6) is 0 Å². The molecule has 286 valence electrons. The Hall–Kier alpha value is -1.34. The fourth-order valence-corrected chi connectivity index (χ4v) is 7.76. The summed E-state index contributed by atoms with van der Waals surface area (Å²) in [6.45, 7) is 12.8. The molecule has 0 aliphatic carbocycles. The van der Waals surface area contributed by atoms with Crippen LogP contribution in [0.15, 0.2) is 0 Å². The number of nitrogens with zero attached hydrogens (tertiary/aromatic N) is 2. The van der Waals surface area contributed by atoms with Crippen molar-refractivity contribution in [3.05, 3.63) is 0 Å². The molecule has 1 saturated heterocycles. The highest BCUT2D eigenvalue weighted by Gasteiger charge is 2.49. The van der Waals surface area contributed by atoms with E-state index in [0.29, 0.717) is 12.8 Å². The summed E-state index contributed by atoms with van der Waals surface area (Å²) in [5.41, 5.74) is 0. The first-order valence-electron chi connectivity index (χ1n) is 19.6. The molecule has 1 aliphatic heterocycles. The van der Waals surface area contributed by atoms with Crippen molar-refractivity contribution in [1.82, 2.24) is 4.67 Å². The van der Waals surface area contributed by atoms with E-state index < -0.39 is 45.1 Å². The maximum atomic E-state index is 13.0. The van der Waals surface area contributed by atoms with Gasteiger partial charge < -0.3 is 28.4 Å². The van der Waals surface area contributed by atoms with Crippen LogP contribution < -0.4 is 0 Å². The molecule has 1 unspecified atom stereocenters. The first-order chi connectivity index (χ1) is 23.7. The molecular formula is C38H71N2O8P. The Labute approximate surface area is 300 Å². The van der Waals surface area contributed by atoms with E-state index in [4.69, 9.17) is 28.5 Å². The quantitative estimate of drug-likeness (QED) is 0.0421. The third-order valence-electron chi connectivity index (χ3n) is 8.80. The molecule has 11 heteroatoms. The van der Waals surface area contributed by atoms with E-state index in [1.54, 1.807) is 0 Å². The Kier molecular flexibility index (Phi) is 27.3. The van der Waals surface area contributed by atoms with E-state index in [9.17, 15) is 14.7 Å². The van der Waals surface area contributed by atoms with Gasteiger partial charge in [0.1, 0.15) is 6.10 Å². The van der Waals surface area contributed by atoms with Crippen molar-refractivity contribution in [3.63, 3.8) is 0 Å². The minimum Gasteiger partial charge on any atom is -0.455 e. The van der Waals surface area contributed by atoms with E-state index >= 15 is 0 Å². The van der Waals surface area contributed by atoms with Gasteiger partial charge in [-0.3, -0.25) is 9.59 Å². The molecule has 1 rings (SSSR count). The first-order valence-corrected chi connectivity index (χ1v) is 20.7. The minimum absolute atomic E-state index is 0.0481. The molecule has 49 heavy (non-hydrogen) atoms. The summed E-state index contributed by atoms with van der Waals surface area (Å²) >= 11 is 0. The minimum atomic E-state index is -1.58. The second-order valence-corrected chi connectivity index (χ2v) is 15.4. The van der Waals surface area contributed by atoms with E-state index in [-0.39, 0.29) is 44.6 Å². The summed E-state index contributed by atoms with van der Waals surface area (Å²) < 4.78 is 31.8. The zero-order valence-corrected chi connectivity index (χ0v) is 32.8. The fraction of sp³-hybridized carbons (Fsp3) is 0.921. The van der Waals surface area contributed by atoms with Crippen LogP contribution in [0.25, 0.3) is 0 Å². The number of unbranched alkanes of at least 4 members (excludes halogenated alkanes) is 16. The summed E-state index contributed by atoms with van der Waals surface area (Å²) in [5.74, 6) is -0.848. The van der Waals surface area contributed by atoms with Crippen LogP contribution >= 0.6 is 8.53 Å². The van der Waals surface area contributed by atoms with Gasteiger partial charge in [-0.25, -0.2) is 4.67 Å². The van der Waals surface area contributed by atoms with E-state index in [1.165, 1.54) is 77.0 Å². The Morgan fingerprint density at radius 2 is 1.14 bits per heavy atom. The number of hydrogen-bond acceptors (Lipinski definition) is 10. The number of hydrogen-bond donors (Lipinski definition) is 1. The van der Waals surface area contributed by atoms with Crippen LogP contribution in [0.4, 0.5) is 0 Å². The lowest BCUT2D eigenvalue weighted by Crippen LogP contribution is -2.42. The lowest BCUT2D eigenvalue weighted by molar-refractivity contribution is -0.177. The number of rotatable bonds is 31. The number of aliphatic hydroxyl groups excluding tert-OH is 1. The normalized spacial score (nSPS) is 19.9. The molecule has 0 aromatic rings. The molecule has 1 heterocycles. The van der Waals surface area contributed by atoms with Crippen molar-refractivity contribution in [1.29, 1.82) is 5.26 Å². The molecule has 0 aromatic carbocycles. The molecular weight excluding hydrogens is 643 g/mol. The predicted molar refractivity (Wildman–Crippen MR) is 195 cm³/mol. The maximum absolute atomic E-state index is 13.0. The van der Waals surface area contributed by atoms with Gasteiger partial charge in [0.05, 0.1) is 25.7 Å². The second-order valence-electron chi connectivity index (χ2n) is 14.0. The highest BCUT2D eigenvalue weighted by atomic mass is 31.2. The van der Waals surface area contributed by atoms with E-state index in [0.717, 1.165) is 25.7 Å². The van der Waals surface area contributed by atoms with E-state index in [2.05, 4.69) is 24.6 Å². The van der Waals surface area contributed by atoms with Gasteiger partial charge in [-0.15, -0.1) is 0 Å². The lowest BCUT2D eigenvalue weighted by Gasteiger charge is -2.36. The van der Waals surface area contributed by atoms with Crippen LogP contribution in [0.2, 0.25) is 0 Å². The monoisotopic (exact) mass is 714 g/mol. The first kappa shape index (κ1) is 45.7. The van der Waals surface area contributed by atoms with Crippen LogP contribution in [0, 0.1) is 11.3 Å². The smallest absolute Gasteiger partial charge is 0.306 e. The average Bonchev–Trinajstić information content (AvgIpc) is 3.34. The molecule has 0 bridgehead atoms.